The Balaban J connectivity index is 1.47. The third-order valence-electron chi connectivity index (χ3n) is 6.63. The summed E-state index contributed by atoms with van der Waals surface area (Å²) in [6.07, 6.45) is 10.7. The summed E-state index contributed by atoms with van der Waals surface area (Å²) in [5.74, 6) is 0.828. The molecule has 3 fully saturated rings. The normalized spacial score (nSPS) is 26.6. The first kappa shape index (κ1) is 18.3. The largest absolute Gasteiger partial charge is 0.465 e. The number of amides is 1. The van der Waals surface area contributed by atoms with Crippen LogP contribution in [0.4, 0.5) is 5.82 Å². The van der Waals surface area contributed by atoms with Gasteiger partial charge < -0.3 is 14.5 Å². The molecule has 1 aliphatic carbocycles. The molecular formula is C21H29N3O3. The Kier molecular flexibility index (Phi) is 5.06. The van der Waals surface area contributed by atoms with Crippen LogP contribution in [0.3, 0.4) is 0 Å². The molecule has 2 aliphatic heterocycles. The molecule has 1 spiro atoms. The van der Waals surface area contributed by atoms with Gasteiger partial charge in [-0.15, -0.1) is 0 Å². The number of hydrogen-bond acceptors (Lipinski definition) is 5. The molecule has 2 saturated heterocycles. The van der Waals surface area contributed by atoms with Crippen molar-refractivity contribution in [2.24, 2.45) is 5.41 Å². The van der Waals surface area contributed by atoms with E-state index >= 15 is 0 Å². The van der Waals surface area contributed by atoms with Gasteiger partial charge in [0.1, 0.15) is 5.82 Å². The van der Waals surface area contributed by atoms with Crippen molar-refractivity contribution in [2.75, 3.05) is 31.6 Å². The third-order valence-corrected chi connectivity index (χ3v) is 6.63. The van der Waals surface area contributed by atoms with E-state index in [4.69, 9.17) is 4.74 Å². The van der Waals surface area contributed by atoms with Crippen LogP contribution in [0, 0.1) is 5.41 Å². The molecule has 0 radical (unpaired) electrons. The van der Waals surface area contributed by atoms with Gasteiger partial charge >= 0.3 is 5.97 Å². The predicted octanol–water partition coefficient (Wildman–Crippen LogP) is 3.02. The van der Waals surface area contributed by atoms with Crippen LogP contribution in [0.15, 0.2) is 18.3 Å². The first-order chi connectivity index (χ1) is 13.1. The summed E-state index contributed by atoms with van der Waals surface area (Å²) in [6.45, 7) is 2.55. The number of nitrogens with zero attached hydrogens (tertiary/aromatic N) is 3. The van der Waals surface area contributed by atoms with Crippen LogP contribution >= 0.6 is 0 Å². The summed E-state index contributed by atoms with van der Waals surface area (Å²) in [5, 5.41) is 0. The molecule has 1 aromatic heterocycles. The molecule has 1 atom stereocenters. The highest BCUT2D eigenvalue weighted by Gasteiger charge is 2.50. The zero-order valence-corrected chi connectivity index (χ0v) is 16.2. The van der Waals surface area contributed by atoms with E-state index in [0.29, 0.717) is 17.5 Å². The SMILES string of the molecule is COC(=O)c1ccc(N2CCCC3(CCN(C4CCCCC4)C3=O)C2)nc1. The number of rotatable bonds is 3. The summed E-state index contributed by atoms with van der Waals surface area (Å²) in [4.78, 5) is 33.8. The fourth-order valence-electron chi connectivity index (χ4n) is 5.11. The Morgan fingerprint density at radius 3 is 2.67 bits per heavy atom. The zero-order valence-electron chi connectivity index (χ0n) is 16.2. The number of anilines is 1. The summed E-state index contributed by atoms with van der Waals surface area (Å²) in [7, 11) is 1.37. The molecule has 0 N–H and O–H groups in total. The first-order valence-corrected chi connectivity index (χ1v) is 10.2. The Morgan fingerprint density at radius 2 is 1.96 bits per heavy atom. The van der Waals surface area contributed by atoms with Crippen molar-refractivity contribution < 1.29 is 14.3 Å². The molecule has 4 rings (SSSR count). The monoisotopic (exact) mass is 371 g/mol. The molecule has 1 unspecified atom stereocenters. The molecule has 6 heteroatoms. The molecule has 1 aromatic rings. The van der Waals surface area contributed by atoms with E-state index in [1.807, 2.05) is 6.07 Å². The number of esters is 1. The van der Waals surface area contributed by atoms with E-state index in [1.165, 1.54) is 39.2 Å². The molecule has 3 aliphatic rings. The highest BCUT2D eigenvalue weighted by Crippen LogP contribution is 2.43. The number of piperidine rings is 1. The topological polar surface area (TPSA) is 62.7 Å². The lowest BCUT2D eigenvalue weighted by molar-refractivity contribution is -0.138. The van der Waals surface area contributed by atoms with Gasteiger partial charge in [-0.05, 0) is 44.2 Å². The lowest BCUT2D eigenvalue weighted by atomic mass is 9.78. The molecule has 0 aromatic carbocycles. The van der Waals surface area contributed by atoms with Crippen molar-refractivity contribution in [1.29, 1.82) is 0 Å². The van der Waals surface area contributed by atoms with Gasteiger partial charge in [0.2, 0.25) is 5.91 Å². The maximum atomic E-state index is 13.4. The number of aromatic nitrogens is 1. The standard InChI is InChI=1S/C21H29N3O3/c1-27-19(25)16-8-9-18(22-14-16)23-12-5-10-21(15-23)11-13-24(20(21)26)17-6-3-2-4-7-17/h8-9,14,17H,2-7,10-13,15H2,1H3. The van der Waals surface area contributed by atoms with Crippen molar-refractivity contribution in [1.82, 2.24) is 9.88 Å². The van der Waals surface area contributed by atoms with Crippen LogP contribution in [-0.2, 0) is 9.53 Å². The van der Waals surface area contributed by atoms with Crippen molar-refractivity contribution in [3.8, 4) is 0 Å². The van der Waals surface area contributed by atoms with Crippen molar-refractivity contribution in [3.63, 3.8) is 0 Å². The second-order valence-corrected chi connectivity index (χ2v) is 8.24. The minimum Gasteiger partial charge on any atom is -0.465 e. The maximum Gasteiger partial charge on any atom is 0.339 e. The van der Waals surface area contributed by atoms with Crippen molar-refractivity contribution >= 4 is 17.7 Å². The Bertz CT molecular complexity index is 699. The minimum absolute atomic E-state index is 0.252. The highest BCUT2D eigenvalue weighted by molar-refractivity contribution is 5.89. The molecule has 0 bridgehead atoms. The zero-order chi connectivity index (χ0) is 18.9. The number of likely N-dealkylation sites (tertiary alicyclic amines) is 1. The number of ether oxygens (including phenoxy) is 1. The van der Waals surface area contributed by atoms with Gasteiger partial charge in [-0.3, -0.25) is 4.79 Å². The molecule has 6 nitrogen and oxygen atoms in total. The molecule has 3 heterocycles. The smallest absolute Gasteiger partial charge is 0.339 e. The molecular weight excluding hydrogens is 342 g/mol. The van der Waals surface area contributed by atoms with E-state index in [0.717, 1.165) is 44.7 Å². The average Bonchev–Trinajstić information content (AvgIpc) is 3.04. The summed E-state index contributed by atoms with van der Waals surface area (Å²) in [6, 6.07) is 4.07. The van der Waals surface area contributed by atoms with E-state index < -0.39 is 0 Å². The van der Waals surface area contributed by atoms with Gasteiger partial charge in [-0.2, -0.15) is 0 Å². The summed E-state index contributed by atoms with van der Waals surface area (Å²) >= 11 is 0. The predicted molar refractivity (Wildman–Crippen MR) is 103 cm³/mol. The number of hydrogen-bond donors (Lipinski definition) is 0. The second kappa shape index (κ2) is 7.49. The van der Waals surface area contributed by atoms with Crippen LogP contribution in [-0.4, -0.2) is 54.5 Å². The van der Waals surface area contributed by atoms with Gasteiger partial charge in [0.15, 0.2) is 0 Å². The maximum absolute atomic E-state index is 13.4. The van der Waals surface area contributed by atoms with Gasteiger partial charge in [0, 0.05) is 31.9 Å². The van der Waals surface area contributed by atoms with Gasteiger partial charge in [0.25, 0.3) is 0 Å². The third kappa shape index (κ3) is 3.42. The molecule has 146 valence electrons. The highest BCUT2D eigenvalue weighted by atomic mass is 16.5. The molecule has 27 heavy (non-hydrogen) atoms. The Hall–Kier alpha value is -2.11. The summed E-state index contributed by atoms with van der Waals surface area (Å²) in [5.41, 5.74) is 0.201. The van der Waals surface area contributed by atoms with Gasteiger partial charge in [0.05, 0.1) is 18.1 Å². The van der Waals surface area contributed by atoms with Crippen LogP contribution in [0.1, 0.15) is 61.7 Å². The van der Waals surface area contributed by atoms with E-state index in [-0.39, 0.29) is 11.4 Å². The van der Waals surface area contributed by atoms with Crippen LogP contribution in [0.5, 0.6) is 0 Å². The van der Waals surface area contributed by atoms with Crippen LogP contribution in [0.2, 0.25) is 0 Å². The fourth-order valence-corrected chi connectivity index (χ4v) is 5.11. The quantitative estimate of drug-likeness (QED) is 0.765. The lowest BCUT2D eigenvalue weighted by Crippen LogP contribution is -2.50. The number of methoxy groups -OCH3 is 1. The average molecular weight is 371 g/mol. The number of pyridine rings is 1. The second-order valence-electron chi connectivity index (χ2n) is 8.24. The van der Waals surface area contributed by atoms with E-state index in [2.05, 4.69) is 14.8 Å². The van der Waals surface area contributed by atoms with Gasteiger partial charge in [-0.25, -0.2) is 9.78 Å². The number of carbonyl (C=O) groups excluding carboxylic acids is 2. The van der Waals surface area contributed by atoms with Crippen molar-refractivity contribution in [2.45, 2.75) is 57.4 Å². The van der Waals surface area contributed by atoms with Crippen LogP contribution in [0.25, 0.3) is 0 Å². The van der Waals surface area contributed by atoms with E-state index in [9.17, 15) is 9.59 Å². The first-order valence-electron chi connectivity index (χ1n) is 10.2. The van der Waals surface area contributed by atoms with E-state index in [1.54, 1.807) is 12.3 Å². The van der Waals surface area contributed by atoms with Crippen LogP contribution < -0.4 is 4.90 Å². The summed E-state index contributed by atoms with van der Waals surface area (Å²) < 4.78 is 4.74. The fraction of sp³-hybridized carbons (Fsp3) is 0.667. The molecule has 1 saturated carbocycles. The minimum atomic E-state index is -0.377. The Morgan fingerprint density at radius 1 is 1.15 bits per heavy atom. The molecule has 1 amide bonds. The van der Waals surface area contributed by atoms with Gasteiger partial charge in [-0.1, -0.05) is 19.3 Å². The van der Waals surface area contributed by atoms with Crippen molar-refractivity contribution in [3.05, 3.63) is 23.9 Å². The Labute approximate surface area is 160 Å². The lowest BCUT2D eigenvalue weighted by Gasteiger charge is -2.40. The number of carbonyl (C=O) groups is 2.